The quantitative estimate of drug-likeness (QED) is 0.326. The van der Waals surface area contributed by atoms with Crippen molar-refractivity contribution in [2.75, 3.05) is 0 Å². The van der Waals surface area contributed by atoms with Crippen LogP contribution >= 0.6 is 12.2 Å². The molecule has 0 radical (unpaired) electrons. The van der Waals surface area contributed by atoms with Crippen molar-refractivity contribution in [2.24, 2.45) is 0 Å². The molecule has 0 unspecified atom stereocenters. The Morgan fingerprint density at radius 3 is 2.57 bits per heavy atom. The van der Waals surface area contributed by atoms with Gasteiger partial charge in [0, 0.05) is 6.54 Å². The van der Waals surface area contributed by atoms with Crippen molar-refractivity contribution in [3.8, 4) is 6.19 Å². The Bertz CT molecular complexity index is 321. The normalized spacial score (nSPS) is 7.93. The molecular weight excluding hydrogens is 205 g/mol. The molecule has 0 aliphatic carbocycles. The van der Waals surface area contributed by atoms with Crippen LogP contribution in [0.4, 0.5) is 0 Å². The van der Waals surface area contributed by atoms with Crippen LogP contribution in [0, 0.1) is 11.5 Å². The Morgan fingerprint density at radius 2 is 2.00 bits per heavy atom. The number of hydrogen-bond acceptors (Lipinski definition) is 2. The van der Waals surface area contributed by atoms with Gasteiger partial charge < -0.3 is 5.32 Å². The van der Waals surface area contributed by atoms with Crippen LogP contribution in [0.15, 0.2) is 30.3 Å². The van der Waals surface area contributed by atoms with Gasteiger partial charge in [0.25, 0.3) is 0 Å². The number of benzene rings is 1. The van der Waals surface area contributed by atoms with Crippen LogP contribution in [-0.2, 0) is 6.54 Å². The molecule has 1 aromatic rings. The molecule has 0 fully saturated rings. The zero-order chi connectivity index (χ0) is 9.52. The number of nitrogens with zero attached hydrogens (tertiary/aromatic N) is 1. The Balaban J connectivity index is 0.00000169. The summed E-state index contributed by atoms with van der Waals surface area (Å²) >= 11 is 4.81. The van der Waals surface area contributed by atoms with Crippen molar-refractivity contribution in [3.05, 3.63) is 35.9 Å². The van der Waals surface area contributed by atoms with Gasteiger partial charge in [-0.3, -0.25) is 5.32 Å². The summed E-state index contributed by atoms with van der Waals surface area (Å²) in [4.78, 5) is 0. The first kappa shape index (κ1) is 13.4. The first-order chi connectivity index (χ1) is 6.33. The summed E-state index contributed by atoms with van der Waals surface area (Å²) in [5, 5.41) is 13.8. The predicted octanol–water partition coefficient (Wildman–Crippen LogP) is 0.483. The molecular formula is C9H10N3NaS. The van der Waals surface area contributed by atoms with Crippen molar-refractivity contribution in [3.63, 3.8) is 0 Å². The first-order valence-corrected chi connectivity index (χ1v) is 4.20. The third-order valence-electron chi connectivity index (χ3n) is 1.47. The van der Waals surface area contributed by atoms with Crippen molar-refractivity contribution >= 4 is 46.9 Å². The Hall–Kier alpha value is -0.600. The molecule has 0 aliphatic rings. The van der Waals surface area contributed by atoms with Crippen molar-refractivity contribution < 1.29 is 0 Å². The van der Waals surface area contributed by atoms with Gasteiger partial charge >= 0.3 is 29.6 Å². The summed E-state index contributed by atoms with van der Waals surface area (Å²) in [6.45, 7) is 0.633. The SMILES string of the molecule is N#CNC(=S)NCc1ccccc1.[NaH]. The summed E-state index contributed by atoms with van der Waals surface area (Å²) in [6.07, 6.45) is 1.75. The Labute approximate surface area is 111 Å². The summed E-state index contributed by atoms with van der Waals surface area (Å²) in [6, 6.07) is 9.84. The Morgan fingerprint density at radius 1 is 1.36 bits per heavy atom. The maximum atomic E-state index is 8.25. The van der Waals surface area contributed by atoms with E-state index in [-0.39, 0.29) is 29.6 Å². The zero-order valence-electron chi connectivity index (χ0n) is 6.95. The van der Waals surface area contributed by atoms with E-state index < -0.39 is 0 Å². The molecule has 0 saturated heterocycles. The van der Waals surface area contributed by atoms with E-state index in [0.29, 0.717) is 11.7 Å². The van der Waals surface area contributed by atoms with Gasteiger partial charge in [-0.15, -0.1) is 0 Å². The summed E-state index contributed by atoms with van der Waals surface area (Å²) < 4.78 is 0. The van der Waals surface area contributed by atoms with Gasteiger partial charge in [0.2, 0.25) is 0 Å². The second kappa shape index (κ2) is 7.77. The number of rotatable bonds is 2. The topological polar surface area (TPSA) is 47.9 Å². The first-order valence-electron chi connectivity index (χ1n) is 3.80. The molecule has 1 aromatic carbocycles. The molecule has 5 heteroatoms. The predicted molar refractivity (Wildman–Crippen MR) is 61.8 cm³/mol. The van der Waals surface area contributed by atoms with Gasteiger partial charge in [-0.2, -0.15) is 5.26 Å². The van der Waals surface area contributed by atoms with Gasteiger partial charge in [0.1, 0.15) is 0 Å². The fraction of sp³-hybridized carbons (Fsp3) is 0.111. The molecule has 0 saturated carbocycles. The van der Waals surface area contributed by atoms with Gasteiger partial charge in [0.15, 0.2) is 11.3 Å². The van der Waals surface area contributed by atoms with Gasteiger partial charge in [-0.1, -0.05) is 30.3 Å². The molecule has 2 N–H and O–H groups in total. The van der Waals surface area contributed by atoms with Crippen LogP contribution in [-0.4, -0.2) is 34.7 Å². The van der Waals surface area contributed by atoms with Crippen LogP contribution < -0.4 is 10.6 Å². The van der Waals surface area contributed by atoms with Gasteiger partial charge in [0.05, 0.1) is 0 Å². The monoisotopic (exact) mass is 215 g/mol. The maximum absolute atomic E-state index is 8.25. The van der Waals surface area contributed by atoms with E-state index in [4.69, 9.17) is 17.5 Å². The summed E-state index contributed by atoms with van der Waals surface area (Å²) in [5.41, 5.74) is 1.13. The number of thiocarbonyl (C=S) groups is 1. The van der Waals surface area contributed by atoms with Crippen molar-refractivity contribution in [2.45, 2.75) is 6.54 Å². The van der Waals surface area contributed by atoms with E-state index in [9.17, 15) is 0 Å². The fourth-order valence-corrected chi connectivity index (χ4v) is 0.991. The molecule has 0 amide bonds. The number of nitriles is 1. The van der Waals surface area contributed by atoms with Crippen molar-refractivity contribution in [1.82, 2.24) is 10.6 Å². The molecule has 0 heterocycles. The molecule has 1 rings (SSSR count). The molecule has 0 aromatic heterocycles. The van der Waals surface area contributed by atoms with E-state index in [1.165, 1.54) is 0 Å². The minimum absolute atomic E-state index is 0. The molecule has 0 spiro atoms. The molecule has 0 bridgehead atoms. The fourth-order valence-electron chi connectivity index (χ4n) is 0.873. The standard InChI is InChI=1S/C9H9N3S.Na.H/c10-7-12-9(13)11-6-8-4-2-1-3-5-8;;/h1-5H,6H2,(H2,11,12,13);;. The van der Waals surface area contributed by atoms with Crippen LogP contribution in [0.25, 0.3) is 0 Å². The molecule has 0 atom stereocenters. The van der Waals surface area contributed by atoms with Gasteiger partial charge in [-0.25, -0.2) is 0 Å². The van der Waals surface area contributed by atoms with E-state index in [2.05, 4.69) is 10.6 Å². The zero-order valence-corrected chi connectivity index (χ0v) is 7.77. The summed E-state index contributed by atoms with van der Waals surface area (Å²) in [5.74, 6) is 0. The molecule has 0 aliphatic heterocycles. The number of nitrogens with one attached hydrogen (secondary N) is 2. The molecule has 14 heavy (non-hydrogen) atoms. The number of hydrogen-bond donors (Lipinski definition) is 2. The molecule has 3 nitrogen and oxygen atoms in total. The van der Waals surface area contributed by atoms with Crippen molar-refractivity contribution in [1.29, 1.82) is 5.26 Å². The second-order valence-corrected chi connectivity index (χ2v) is 2.81. The van der Waals surface area contributed by atoms with E-state index >= 15 is 0 Å². The Kier molecular flexibility index (Phi) is 7.44. The van der Waals surface area contributed by atoms with Crippen LogP contribution in [0.2, 0.25) is 0 Å². The summed E-state index contributed by atoms with van der Waals surface area (Å²) in [7, 11) is 0. The molecule has 68 valence electrons. The average molecular weight is 215 g/mol. The van der Waals surface area contributed by atoms with E-state index in [0.717, 1.165) is 5.56 Å². The van der Waals surface area contributed by atoms with E-state index in [1.807, 2.05) is 30.3 Å². The third-order valence-corrected chi connectivity index (χ3v) is 1.71. The van der Waals surface area contributed by atoms with E-state index in [1.54, 1.807) is 6.19 Å². The van der Waals surface area contributed by atoms with Gasteiger partial charge in [-0.05, 0) is 17.8 Å². The third kappa shape index (κ3) is 5.20. The van der Waals surface area contributed by atoms with Crippen LogP contribution in [0.3, 0.4) is 0 Å². The second-order valence-electron chi connectivity index (χ2n) is 2.41. The average Bonchev–Trinajstić information content (AvgIpc) is 2.17. The van der Waals surface area contributed by atoms with Crippen LogP contribution in [0.1, 0.15) is 5.56 Å². The van der Waals surface area contributed by atoms with Crippen LogP contribution in [0.5, 0.6) is 0 Å². The minimum atomic E-state index is 0.